The molecule has 1 atom stereocenters. The van der Waals surface area contributed by atoms with E-state index in [2.05, 4.69) is 15.9 Å². The monoisotopic (exact) mass is 256 g/mol. The molecule has 3 heteroatoms. The van der Waals surface area contributed by atoms with Crippen molar-refractivity contribution in [1.82, 2.24) is 0 Å². The fourth-order valence-corrected chi connectivity index (χ4v) is 1.69. The van der Waals surface area contributed by atoms with Crippen LogP contribution in [0.25, 0.3) is 0 Å². The quantitative estimate of drug-likeness (QED) is 0.901. The summed E-state index contributed by atoms with van der Waals surface area (Å²) in [5.41, 5.74) is 2.22. The molecule has 0 spiro atoms. The Hall–Kier alpha value is -0.830. The molecule has 14 heavy (non-hydrogen) atoms. The highest BCUT2D eigenvalue weighted by Crippen LogP contribution is 2.24. The zero-order valence-electron chi connectivity index (χ0n) is 8.25. The van der Waals surface area contributed by atoms with Crippen molar-refractivity contribution in [3.05, 3.63) is 33.8 Å². The van der Waals surface area contributed by atoms with Crippen LogP contribution >= 0.6 is 15.9 Å². The molecule has 0 radical (unpaired) electrons. The first-order chi connectivity index (χ1) is 6.50. The normalized spacial score (nSPS) is 12.5. The van der Waals surface area contributed by atoms with Gasteiger partial charge in [0.25, 0.3) is 0 Å². The number of aryl methyl sites for hydroxylation is 1. The zero-order valence-corrected chi connectivity index (χ0v) is 9.84. The highest BCUT2D eigenvalue weighted by Gasteiger charge is 2.10. The molecule has 0 aliphatic rings. The van der Waals surface area contributed by atoms with Gasteiger partial charge in [-0.15, -0.1) is 0 Å². The number of hydrogen-bond acceptors (Lipinski definition) is 1. The summed E-state index contributed by atoms with van der Waals surface area (Å²) in [6, 6.07) is 5.97. The average molecular weight is 257 g/mol. The van der Waals surface area contributed by atoms with E-state index in [1.54, 1.807) is 0 Å². The van der Waals surface area contributed by atoms with Crippen molar-refractivity contribution in [2.24, 2.45) is 0 Å². The van der Waals surface area contributed by atoms with E-state index >= 15 is 0 Å². The standard InChI is InChI=1S/C11H13BrO2/c1-7-3-4-9(6-10(7)12)8(2)5-11(13)14/h3-4,6,8H,5H2,1-2H3,(H,13,14)/t8-/m0/s1. The topological polar surface area (TPSA) is 37.3 Å². The summed E-state index contributed by atoms with van der Waals surface area (Å²) in [7, 11) is 0. The van der Waals surface area contributed by atoms with Crippen LogP contribution in [0.1, 0.15) is 30.4 Å². The Bertz CT molecular complexity index is 347. The minimum Gasteiger partial charge on any atom is -0.481 e. The molecule has 0 unspecified atom stereocenters. The molecular weight excluding hydrogens is 244 g/mol. The van der Waals surface area contributed by atoms with Gasteiger partial charge in [0.1, 0.15) is 0 Å². The van der Waals surface area contributed by atoms with E-state index < -0.39 is 5.97 Å². The molecule has 1 N–H and O–H groups in total. The van der Waals surface area contributed by atoms with E-state index in [4.69, 9.17) is 5.11 Å². The van der Waals surface area contributed by atoms with Crippen molar-refractivity contribution in [3.63, 3.8) is 0 Å². The van der Waals surface area contributed by atoms with Gasteiger partial charge in [0, 0.05) is 4.47 Å². The highest BCUT2D eigenvalue weighted by atomic mass is 79.9. The SMILES string of the molecule is Cc1ccc([C@@H](C)CC(=O)O)cc1Br. The number of rotatable bonds is 3. The van der Waals surface area contributed by atoms with E-state index in [1.165, 1.54) is 0 Å². The van der Waals surface area contributed by atoms with Crippen molar-refractivity contribution in [2.75, 3.05) is 0 Å². The summed E-state index contributed by atoms with van der Waals surface area (Å²) in [5, 5.41) is 8.66. The Balaban J connectivity index is 2.85. The molecular formula is C11H13BrO2. The minimum absolute atomic E-state index is 0.0596. The van der Waals surface area contributed by atoms with E-state index in [-0.39, 0.29) is 12.3 Å². The van der Waals surface area contributed by atoms with Crippen molar-refractivity contribution in [1.29, 1.82) is 0 Å². The molecule has 0 saturated carbocycles. The van der Waals surface area contributed by atoms with Crippen LogP contribution in [-0.2, 0) is 4.79 Å². The van der Waals surface area contributed by atoms with Crippen molar-refractivity contribution >= 4 is 21.9 Å². The van der Waals surface area contributed by atoms with Crippen LogP contribution in [0.4, 0.5) is 0 Å². The van der Waals surface area contributed by atoms with Gasteiger partial charge >= 0.3 is 5.97 Å². The van der Waals surface area contributed by atoms with Crippen molar-refractivity contribution < 1.29 is 9.90 Å². The van der Waals surface area contributed by atoms with Crippen LogP contribution in [0, 0.1) is 6.92 Å². The maximum atomic E-state index is 10.5. The Kier molecular flexibility index (Phi) is 3.69. The Labute approximate surface area is 92.1 Å². The summed E-state index contributed by atoms with van der Waals surface area (Å²) in [5.74, 6) is -0.696. The number of carboxylic acid groups (broad SMARTS) is 1. The largest absolute Gasteiger partial charge is 0.481 e. The highest BCUT2D eigenvalue weighted by molar-refractivity contribution is 9.10. The average Bonchev–Trinajstić information content (AvgIpc) is 2.08. The molecule has 76 valence electrons. The van der Waals surface area contributed by atoms with Crippen molar-refractivity contribution in [2.45, 2.75) is 26.2 Å². The van der Waals surface area contributed by atoms with Crippen LogP contribution in [0.5, 0.6) is 0 Å². The van der Waals surface area contributed by atoms with Gasteiger partial charge in [0.2, 0.25) is 0 Å². The number of aliphatic carboxylic acids is 1. The molecule has 0 aliphatic carbocycles. The molecule has 1 aromatic rings. The predicted octanol–water partition coefficient (Wildman–Crippen LogP) is 3.34. The van der Waals surface area contributed by atoms with Gasteiger partial charge in [-0.05, 0) is 30.0 Å². The Morgan fingerprint density at radius 2 is 2.21 bits per heavy atom. The molecule has 0 amide bonds. The number of benzene rings is 1. The van der Waals surface area contributed by atoms with E-state index in [9.17, 15) is 4.79 Å². The minimum atomic E-state index is -0.755. The molecule has 0 saturated heterocycles. The Morgan fingerprint density at radius 3 is 2.71 bits per heavy atom. The number of carbonyl (C=O) groups is 1. The summed E-state index contributed by atoms with van der Waals surface area (Å²) in [6.07, 6.45) is 0.176. The van der Waals surface area contributed by atoms with Crippen LogP contribution in [-0.4, -0.2) is 11.1 Å². The van der Waals surface area contributed by atoms with Crippen LogP contribution in [0.15, 0.2) is 22.7 Å². The lowest BCUT2D eigenvalue weighted by molar-refractivity contribution is -0.137. The lowest BCUT2D eigenvalue weighted by Crippen LogP contribution is -2.02. The summed E-state index contributed by atoms with van der Waals surface area (Å²) >= 11 is 3.43. The van der Waals surface area contributed by atoms with E-state index in [0.717, 1.165) is 15.6 Å². The number of halogens is 1. The maximum absolute atomic E-state index is 10.5. The Morgan fingerprint density at radius 1 is 1.57 bits per heavy atom. The molecule has 0 aromatic heterocycles. The first kappa shape index (κ1) is 11.2. The first-order valence-electron chi connectivity index (χ1n) is 4.48. The molecule has 0 bridgehead atoms. The second kappa shape index (κ2) is 4.60. The number of carboxylic acids is 1. The fourth-order valence-electron chi connectivity index (χ4n) is 1.30. The van der Waals surface area contributed by atoms with Crippen LogP contribution in [0.2, 0.25) is 0 Å². The van der Waals surface area contributed by atoms with Gasteiger partial charge in [-0.3, -0.25) is 4.79 Å². The molecule has 0 heterocycles. The first-order valence-corrected chi connectivity index (χ1v) is 5.28. The van der Waals surface area contributed by atoms with Gasteiger partial charge in [0.05, 0.1) is 6.42 Å². The number of hydrogen-bond donors (Lipinski definition) is 1. The molecule has 2 nitrogen and oxygen atoms in total. The van der Waals surface area contributed by atoms with E-state index in [1.807, 2.05) is 32.0 Å². The lowest BCUT2D eigenvalue weighted by atomic mass is 9.97. The third-order valence-corrected chi connectivity index (χ3v) is 3.10. The van der Waals surface area contributed by atoms with Gasteiger partial charge < -0.3 is 5.11 Å². The van der Waals surface area contributed by atoms with Crippen LogP contribution in [0.3, 0.4) is 0 Å². The fraction of sp³-hybridized carbons (Fsp3) is 0.364. The summed E-state index contributed by atoms with van der Waals surface area (Å²) in [4.78, 5) is 10.5. The molecule has 0 fully saturated rings. The van der Waals surface area contributed by atoms with Gasteiger partial charge in [-0.25, -0.2) is 0 Å². The molecule has 1 aromatic carbocycles. The third-order valence-electron chi connectivity index (χ3n) is 2.25. The predicted molar refractivity (Wildman–Crippen MR) is 59.5 cm³/mol. The second-order valence-corrected chi connectivity index (χ2v) is 4.36. The second-order valence-electron chi connectivity index (χ2n) is 3.51. The maximum Gasteiger partial charge on any atom is 0.303 e. The van der Waals surface area contributed by atoms with Crippen molar-refractivity contribution in [3.8, 4) is 0 Å². The third kappa shape index (κ3) is 2.84. The molecule has 0 aliphatic heterocycles. The molecule has 1 rings (SSSR count). The van der Waals surface area contributed by atoms with Gasteiger partial charge in [-0.2, -0.15) is 0 Å². The smallest absolute Gasteiger partial charge is 0.303 e. The van der Waals surface area contributed by atoms with Crippen LogP contribution < -0.4 is 0 Å². The van der Waals surface area contributed by atoms with E-state index in [0.29, 0.717) is 0 Å². The summed E-state index contributed by atoms with van der Waals surface area (Å²) in [6.45, 7) is 3.93. The van der Waals surface area contributed by atoms with Gasteiger partial charge in [-0.1, -0.05) is 35.0 Å². The zero-order chi connectivity index (χ0) is 10.7. The summed E-state index contributed by atoms with van der Waals surface area (Å²) < 4.78 is 1.03. The van der Waals surface area contributed by atoms with Gasteiger partial charge in [0.15, 0.2) is 0 Å². The lowest BCUT2D eigenvalue weighted by Gasteiger charge is -2.10.